The molecule has 0 bridgehead atoms. The van der Waals surface area contributed by atoms with E-state index in [0.29, 0.717) is 0 Å². The molecular formula is C10H15Cl. The largest absolute Gasteiger partial charge is 0.0991 e. The van der Waals surface area contributed by atoms with Crippen molar-refractivity contribution in [2.24, 2.45) is 0 Å². The lowest BCUT2D eigenvalue weighted by Gasteiger charge is -1.96. The highest BCUT2D eigenvalue weighted by Crippen LogP contribution is 2.14. The van der Waals surface area contributed by atoms with Crippen molar-refractivity contribution < 1.29 is 0 Å². The van der Waals surface area contributed by atoms with E-state index in [2.05, 4.69) is 13.5 Å². The first-order valence-corrected chi connectivity index (χ1v) is 4.25. The highest BCUT2D eigenvalue weighted by Gasteiger charge is 1.91. The Morgan fingerprint density at radius 3 is 2.64 bits per heavy atom. The van der Waals surface area contributed by atoms with Crippen LogP contribution in [-0.4, -0.2) is 0 Å². The average molecular weight is 171 g/mol. The smallest absolute Gasteiger partial charge is 0.0395 e. The fourth-order valence-corrected chi connectivity index (χ4v) is 0.861. The van der Waals surface area contributed by atoms with Gasteiger partial charge in [0.15, 0.2) is 0 Å². The van der Waals surface area contributed by atoms with Gasteiger partial charge in [-0.1, -0.05) is 49.8 Å². The van der Waals surface area contributed by atoms with Gasteiger partial charge in [0, 0.05) is 5.03 Å². The predicted molar refractivity (Wildman–Crippen MR) is 52.8 cm³/mol. The first-order chi connectivity index (χ1) is 5.22. The Bertz CT molecular complexity index is 175. The van der Waals surface area contributed by atoms with Crippen molar-refractivity contribution in [2.75, 3.05) is 0 Å². The highest BCUT2D eigenvalue weighted by molar-refractivity contribution is 6.31. The van der Waals surface area contributed by atoms with Crippen LogP contribution >= 0.6 is 11.6 Å². The molecule has 0 aliphatic carbocycles. The molecule has 0 aromatic rings. The Labute approximate surface area is 74.3 Å². The van der Waals surface area contributed by atoms with Crippen LogP contribution in [0.5, 0.6) is 0 Å². The van der Waals surface area contributed by atoms with Crippen molar-refractivity contribution >= 4 is 11.6 Å². The Morgan fingerprint density at radius 1 is 1.55 bits per heavy atom. The number of unbranched alkanes of at least 4 members (excludes halogenated alkanes) is 1. The molecule has 11 heavy (non-hydrogen) atoms. The van der Waals surface area contributed by atoms with Gasteiger partial charge in [0.25, 0.3) is 0 Å². The summed E-state index contributed by atoms with van der Waals surface area (Å²) in [7, 11) is 0. The van der Waals surface area contributed by atoms with E-state index in [-0.39, 0.29) is 0 Å². The summed E-state index contributed by atoms with van der Waals surface area (Å²) in [4.78, 5) is 0. The van der Waals surface area contributed by atoms with Gasteiger partial charge < -0.3 is 0 Å². The van der Waals surface area contributed by atoms with Crippen LogP contribution in [0.2, 0.25) is 0 Å². The van der Waals surface area contributed by atoms with Crippen molar-refractivity contribution in [1.29, 1.82) is 0 Å². The second-order valence-electron chi connectivity index (χ2n) is 2.43. The SMILES string of the molecule is C=C/C=C(C)\C(Cl)=C/CCC. The lowest BCUT2D eigenvalue weighted by atomic mass is 10.2. The van der Waals surface area contributed by atoms with Gasteiger partial charge in [-0.15, -0.1) is 0 Å². The number of hydrogen-bond acceptors (Lipinski definition) is 0. The first kappa shape index (κ1) is 10.5. The van der Waals surface area contributed by atoms with Gasteiger partial charge in [-0.25, -0.2) is 0 Å². The van der Waals surface area contributed by atoms with E-state index in [9.17, 15) is 0 Å². The predicted octanol–water partition coefficient (Wildman–Crippen LogP) is 4.04. The molecule has 0 saturated heterocycles. The van der Waals surface area contributed by atoms with Crippen LogP contribution in [0.3, 0.4) is 0 Å². The van der Waals surface area contributed by atoms with Crippen molar-refractivity contribution in [2.45, 2.75) is 26.7 Å². The Hall–Kier alpha value is -0.490. The van der Waals surface area contributed by atoms with Gasteiger partial charge in [-0.3, -0.25) is 0 Å². The molecule has 0 unspecified atom stereocenters. The maximum absolute atomic E-state index is 5.93. The molecule has 0 spiro atoms. The molecule has 0 aromatic heterocycles. The Balaban J connectivity index is 4.10. The minimum Gasteiger partial charge on any atom is -0.0991 e. The molecule has 0 N–H and O–H groups in total. The number of halogens is 1. The summed E-state index contributed by atoms with van der Waals surface area (Å²) in [6, 6.07) is 0. The van der Waals surface area contributed by atoms with Gasteiger partial charge in [-0.05, 0) is 18.9 Å². The molecule has 0 rings (SSSR count). The quantitative estimate of drug-likeness (QED) is 0.559. The van der Waals surface area contributed by atoms with Gasteiger partial charge in [0.05, 0.1) is 0 Å². The summed E-state index contributed by atoms with van der Waals surface area (Å²) in [5.74, 6) is 0. The van der Waals surface area contributed by atoms with Crippen LogP contribution in [0.4, 0.5) is 0 Å². The van der Waals surface area contributed by atoms with Gasteiger partial charge in [-0.2, -0.15) is 0 Å². The molecule has 0 aromatic carbocycles. The molecule has 0 amide bonds. The molecule has 0 radical (unpaired) electrons. The Morgan fingerprint density at radius 2 is 2.18 bits per heavy atom. The molecule has 0 fully saturated rings. The van der Waals surface area contributed by atoms with Gasteiger partial charge in [0.2, 0.25) is 0 Å². The molecule has 0 aliphatic rings. The summed E-state index contributed by atoms with van der Waals surface area (Å²) in [5, 5.41) is 0.840. The van der Waals surface area contributed by atoms with Crippen LogP contribution in [0.15, 0.2) is 35.4 Å². The van der Waals surface area contributed by atoms with E-state index in [1.807, 2.05) is 19.1 Å². The van der Waals surface area contributed by atoms with E-state index < -0.39 is 0 Å². The maximum Gasteiger partial charge on any atom is 0.0395 e. The first-order valence-electron chi connectivity index (χ1n) is 3.87. The van der Waals surface area contributed by atoms with E-state index in [4.69, 9.17) is 11.6 Å². The molecular weight excluding hydrogens is 156 g/mol. The maximum atomic E-state index is 5.93. The van der Waals surface area contributed by atoms with Crippen molar-refractivity contribution in [3.63, 3.8) is 0 Å². The van der Waals surface area contributed by atoms with Crippen LogP contribution in [0.25, 0.3) is 0 Å². The third-order valence-electron chi connectivity index (χ3n) is 1.36. The third kappa shape index (κ3) is 4.86. The zero-order valence-corrected chi connectivity index (χ0v) is 7.99. The minimum absolute atomic E-state index is 0.840. The van der Waals surface area contributed by atoms with Gasteiger partial charge in [0.1, 0.15) is 0 Å². The monoisotopic (exact) mass is 170 g/mol. The number of hydrogen-bond donors (Lipinski definition) is 0. The number of rotatable bonds is 4. The standard InChI is InChI=1S/C10H15Cl/c1-4-6-8-10(11)9(3)7-5-2/h5,7-8H,2,4,6H2,1,3H3/b9-7-,10-8+. The van der Waals surface area contributed by atoms with Gasteiger partial charge >= 0.3 is 0 Å². The van der Waals surface area contributed by atoms with Crippen molar-refractivity contribution in [3.05, 3.63) is 35.4 Å². The van der Waals surface area contributed by atoms with Crippen LogP contribution in [-0.2, 0) is 0 Å². The summed E-state index contributed by atoms with van der Waals surface area (Å²) < 4.78 is 0. The topological polar surface area (TPSA) is 0 Å². The molecule has 0 nitrogen and oxygen atoms in total. The summed E-state index contributed by atoms with van der Waals surface area (Å²) in [5.41, 5.74) is 1.08. The second-order valence-corrected chi connectivity index (χ2v) is 2.83. The van der Waals surface area contributed by atoms with Crippen molar-refractivity contribution in [1.82, 2.24) is 0 Å². The van der Waals surface area contributed by atoms with Crippen LogP contribution < -0.4 is 0 Å². The molecule has 62 valence electrons. The van der Waals surface area contributed by atoms with Crippen molar-refractivity contribution in [3.8, 4) is 0 Å². The second kappa shape index (κ2) is 6.23. The fourth-order valence-electron chi connectivity index (χ4n) is 0.688. The summed E-state index contributed by atoms with van der Waals surface area (Å²) in [6.45, 7) is 7.72. The van der Waals surface area contributed by atoms with E-state index in [1.54, 1.807) is 6.08 Å². The van der Waals surface area contributed by atoms with E-state index >= 15 is 0 Å². The molecule has 0 saturated carbocycles. The lowest BCUT2D eigenvalue weighted by Crippen LogP contribution is -1.75. The lowest BCUT2D eigenvalue weighted by molar-refractivity contribution is 0.956. The normalized spacial score (nSPS) is 13.4. The minimum atomic E-state index is 0.840. The molecule has 0 heterocycles. The van der Waals surface area contributed by atoms with Crippen LogP contribution in [0, 0.1) is 0 Å². The fraction of sp³-hybridized carbons (Fsp3) is 0.400. The zero-order valence-electron chi connectivity index (χ0n) is 7.23. The summed E-state index contributed by atoms with van der Waals surface area (Å²) in [6.07, 6.45) is 7.88. The molecule has 0 aliphatic heterocycles. The van der Waals surface area contributed by atoms with E-state index in [1.165, 1.54) is 0 Å². The Kier molecular flexibility index (Phi) is 5.96. The molecule has 1 heteroatoms. The third-order valence-corrected chi connectivity index (χ3v) is 1.81. The average Bonchev–Trinajstić information content (AvgIpc) is 2.00. The van der Waals surface area contributed by atoms with E-state index in [0.717, 1.165) is 23.4 Å². The molecule has 0 atom stereocenters. The zero-order chi connectivity index (χ0) is 8.69. The number of allylic oxidation sites excluding steroid dienone is 5. The van der Waals surface area contributed by atoms with Crippen LogP contribution in [0.1, 0.15) is 26.7 Å². The summed E-state index contributed by atoms with van der Waals surface area (Å²) >= 11 is 5.93. The highest BCUT2D eigenvalue weighted by atomic mass is 35.5.